The van der Waals surface area contributed by atoms with Crippen molar-refractivity contribution in [1.82, 2.24) is 4.90 Å². The van der Waals surface area contributed by atoms with Gasteiger partial charge in [0, 0.05) is 18.7 Å². The average Bonchev–Trinajstić information content (AvgIpc) is 2.59. The summed E-state index contributed by atoms with van der Waals surface area (Å²) >= 11 is 0. The zero-order chi connectivity index (χ0) is 11.3. The predicted molar refractivity (Wildman–Crippen MR) is 62.5 cm³/mol. The van der Waals surface area contributed by atoms with E-state index >= 15 is 0 Å². The highest BCUT2D eigenvalue weighted by Gasteiger charge is 2.09. The highest BCUT2D eigenvalue weighted by Crippen LogP contribution is 2.16. The van der Waals surface area contributed by atoms with E-state index in [-0.39, 0.29) is 0 Å². The number of likely N-dealkylation sites (N-methyl/N-ethyl adjacent to an activating group) is 1. The van der Waals surface area contributed by atoms with Gasteiger partial charge in [-0.1, -0.05) is 13.0 Å². The normalized spacial score (nSPS) is 10.9. The lowest BCUT2D eigenvalue weighted by Gasteiger charge is -2.17. The van der Waals surface area contributed by atoms with Gasteiger partial charge in [-0.3, -0.25) is 4.90 Å². The summed E-state index contributed by atoms with van der Waals surface area (Å²) < 4.78 is 5.51. The monoisotopic (exact) mass is 208 g/mol. The van der Waals surface area contributed by atoms with Crippen molar-refractivity contribution in [3.8, 4) is 0 Å². The lowest BCUT2D eigenvalue weighted by molar-refractivity contribution is 0.309. The molecule has 0 aliphatic rings. The summed E-state index contributed by atoms with van der Waals surface area (Å²) in [6.45, 7) is 11.2. The minimum atomic E-state index is 0.467. The van der Waals surface area contributed by atoms with Crippen molar-refractivity contribution >= 4 is 0 Å². The number of aryl methyl sites for hydroxylation is 1. The first-order valence-electron chi connectivity index (χ1n) is 5.32. The van der Waals surface area contributed by atoms with Gasteiger partial charge in [0.1, 0.15) is 11.5 Å². The number of rotatable bonds is 6. The van der Waals surface area contributed by atoms with Crippen molar-refractivity contribution in [2.24, 2.45) is 5.73 Å². The zero-order valence-corrected chi connectivity index (χ0v) is 9.62. The number of nitrogens with zero attached hydrogens (tertiary/aromatic N) is 1. The Balaban J connectivity index is 2.69. The van der Waals surface area contributed by atoms with Gasteiger partial charge in [-0.25, -0.2) is 0 Å². The molecule has 1 rings (SSSR count). The highest BCUT2D eigenvalue weighted by molar-refractivity contribution is 5.20. The van der Waals surface area contributed by atoms with Crippen LogP contribution in [0.3, 0.4) is 0 Å². The minimum absolute atomic E-state index is 0.467. The molecule has 0 aliphatic heterocycles. The van der Waals surface area contributed by atoms with E-state index in [0.29, 0.717) is 6.54 Å². The molecule has 1 aromatic heterocycles. The summed E-state index contributed by atoms with van der Waals surface area (Å²) in [6.07, 6.45) is 1.92. The molecule has 0 bridgehead atoms. The van der Waals surface area contributed by atoms with Gasteiger partial charge in [0.2, 0.25) is 0 Å². The Morgan fingerprint density at radius 1 is 1.60 bits per heavy atom. The van der Waals surface area contributed by atoms with Gasteiger partial charge < -0.3 is 10.2 Å². The molecule has 0 fully saturated rings. The maximum Gasteiger partial charge on any atom is 0.118 e. The highest BCUT2D eigenvalue weighted by atomic mass is 16.3. The molecule has 0 aromatic carbocycles. The summed E-state index contributed by atoms with van der Waals surface area (Å²) in [6, 6.07) is 2.04. The number of hydrogen-bond acceptors (Lipinski definition) is 3. The van der Waals surface area contributed by atoms with Crippen LogP contribution < -0.4 is 5.73 Å². The van der Waals surface area contributed by atoms with Crippen molar-refractivity contribution in [3.63, 3.8) is 0 Å². The molecule has 0 saturated carbocycles. The minimum Gasteiger partial charge on any atom is -0.465 e. The third-order valence-corrected chi connectivity index (χ3v) is 2.50. The molecule has 0 unspecified atom stereocenters. The molecule has 0 radical (unpaired) electrons. The van der Waals surface area contributed by atoms with Crippen molar-refractivity contribution in [2.75, 3.05) is 13.1 Å². The average molecular weight is 208 g/mol. The fourth-order valence-corrected chi connectivity index (χ4v) is 1.57. The van der Waals surface area contributed by atoms with Crippen molar-refractivity contribution in [1.29, 1.82) is 0 Å². The Hall–Kier alpha value is -1.06. The molecule has 1 heterocycles. The van der Waals surface area contributed by atoms with Gasteiger partial charge in [-0.15, -0.1) is 6.58 Å². The van der Waals surface area contributed by atoms with Crippen LogP contribution in [-0.2, 0) is 13.1 Å². The molecule has 0 spiro atoms. The van der Waals surface area contributed by atoms with E-state index < -0.39 is 0 Å². The molecule has 3 heteroatoms. The Labute approximate surface area is 91.6 Å². The van der Waals surface area contributed by atoms with Gasteiger partial charge in [-0.05, 0) is 19.5 Å². The fourth-order valence-electron chi connectivity index (χ4n) is 1.57. The molecule has 0 amide bonds. The maximum atomic E-state index is 5.53. The molecule has 0 aliphatic carbocycles. The second kappa shape index (κ2) is 5.73. The second-order valence-corrected chi connectivity index (χ2v) is 3.61. The Bertz CT molecular complexity index is 317. The van der Waals surface area contributed by atoms with Crippen LogP contribution >= 0.6 is 0 Å². The van der Waals surface area contributed by atoms with E-state index in [1.54, 1.807) is 0 Å². The predicted octanol–water partition coefficient (Wildman–Crippen LogP) is 2.05. The number of nitrogens with two attached hydrogens (primary N) is 1. The third-order valence-electron chi connectivity index (χ3n) is 2.50. The first-order valence-corrected chi connectivity index (χ1v) is 5.32. The van der Waals surface area contributed by atoms with E-state index in [4.69, 9.17) is 10.2 Å². The molecule has 0 atom stereocenters. The quantitative estimate of drug-likeness (QED) is 0.728. The van der Waals surface area contributed by atoms with Gasteiger partial charge in [-0.2, -0.15) is 0 Å². The van der Waals surface area contributed by atoms with Crippen molar-refractivity contribution in [3.05, 3.63) is 35.8 Å². The molecular weight excluding hydrogens is 188 g/mol. The smallest absolute Gasteiger partial charge is 0.118 e. The van der Waals surface area contributed by atoms with Gasteiger partial charge in [0.05, 0.1) is 6.54 Å². The standard InChI is InChI=1S/C12H20N2O/c1-4-6-14(5-2)9-11-7-12(8-13)15-10(11)3/h4,7H,1,5-6,8-9,13H2,2-3H3. The Morgan fingerprint density at radius 3 is 2.80 bits per heavy atom. The Morgan fingerprint density at radius 2 is 2.33 bits per heavy atom. The van der Waals surface area contributed by atoms with Gasteiger partial charge >= 0.3 is 0 Å². The largest absolute Gasteiger partial charge is 0.465 e. The summed E-state index contributed by atoms with van der Waals surface area (Å²) in [5, 5.41) is 0. The van der Waals surface area contributed by atoms with Crippen LogP contribution in [0.5, 0.6) is 0 Å². The first kappa shape index (κ1) is 12.0. The van der Waals surface area contributed by atoms with Crippen molar-refractivity contribution < 1.29 is 4.42 Å². The third kappa shape index (κ3) is 3.22. The molecule has 2 N–H and O–H groups in total. The van der Waals surface area contributed by atoms with Gasteiger partial charge in [0.25, 0.3) is 0 Å². The molecule has 84 valence electrons. The summed E-state index contributed by atoms with van der Waals surface area (Å²) in [5.41, 5.74) is 6.75. The zero-order valence-electron chi connectivity index (χ0n) is 9.62. The topological polar surface area (TPSA) is 42.4 Å². The Kier molecular flexibility index (Phi) is 4.59. The second-order valence-electron chi connectivity index (χ2n) is 3.61. The number of furan rings is 1. The van der Waals surface area contributed by atoms with Crippen LogP contribution in [-0.4, -0.2) is 18.0 Å². The number of hydrogen-bond donors (Lipinski definition) is 1. The van der Waals surface area contributed by atoms with E-state index in [9.17, 15) is 0 Å². The van der Waals surface area contributed by atoms with E-state index in [2.05, 4.69) is 18.4 Å². The van der Waals surface area contributed by atoms with Crippen LogP contribution in [0, 0.1) is 6.92 Å². The molecule has 0 saturated heterocycles. The van der Waals surface area contributed by atoms with Crippen LogP contribution in [0.1, 0.15) is 24.0 Å². The van der Waals surface area contributed by atoms with Crippen LogP contribution in [0.25, 0.3) is 0 Å². The van der Waals surface area contributed by atoms with Crippen LogP contribution in [0.2, 0.25) is 0 Å². The lowest BCUT2D eigenvalue weighted by atomic mass is 10.2. The lowest BCUT2D eigenvalue weighted by Crippen LogP contribution is -2.22. The van der Waals surface area contributed by atoms with E-state index in [0.717, 1.165) is 31.2 Å². The SMILES string of the molecule is C=CCN(CC)Cc1cc(CN)oc1C. The fraction of sp³-hybridized carbons (Fsp3) is 0.500. The summed E-state index contributed by atoms with van der Waals surface area (Å²) in [7, 11) is 0. The van der Waals surface area contributed by atoms with Gasteiger partial charge in [0.15, 0.2) is 0 Å². The van der Waals surface area contributed by atoms with E-state index in [1.165, 1.54) is 5.56 Å². The molecule has 15 heavy (non-hydrogen) atoms. The molecule has 1 aromatic rings. The van der Waals surface area contributed by atoms with Crippen molar-refractivity contribution in [2.45, 2.75) is 26.9 Å². The van der Waals surface area contributed by atoms with Crippen LogP contribution in [0.4, 0.5) is 0 Å². The summed E-state index contributed by atoms with van der Waals surface area (Å²) in [5.74, 6) is 1.83. The molecular formula is C12H20N2O. The molecule has 3 nitrogen and oxygen atoms in total. The van der Waals surface area contributed by atoms with E-state index in [1.807, 2.05) is 19.1 Å². The first-order chi connectivity index (χ1) is 7.21. The summed E-state index contributed by atoms with van der Waals surface area (Å²) in [4.78, 5) is 2.30. The maximum absolute atomic E-state index is 5.53. The van der Waals surface area contributed by atoms with Crippen LogP contribution in [0.15, 0.2) is 23.1 Å².